The molecule has 0 spiro atoms. The van der Waals surface area contributed by atoms with Crippen LogP contribution in [0.1, 0.15) is 36.8 Å². The van der Waals surface area contributed by atoms with Gasteiger partial charge in [0.1, 0.15) is 4.90 Å². The van der Waals surface area contributed by atoms with Gasteiger partial charge in [-0.3, -0.25) is 4.85 Å². The molecular formula is C20H17F4N7O2S2. The summed E-state index contributed by atoms with van der Waals surface area (Å²) >= 11 is 0.225. The van der Waals surface area contributed by atoms with Gasteiger partial charge in [-0.15, -0.1) is 14.9 Å². The van der Waals surface area contributed by atoms with Crippen LogP contribution in [-0.4, -0.2) is 46.6 Å². The molecule has 5 rings (SSSR count). The third kappa shape index (κ3) is 4.20. The van der Waals surface area contributed by atoms with Crippen LogP contribution in [0.15, 0.2) is 23.2 Å². The lowest BCUT2D eigenvalue weighted by Gasteiger charge is -2.22. The number of sulfonamides is 1. The summed E-state index contributed by atoms with van der Waals surface area (Å²) in [7, 11) is -4.49. The second-order valence-electron chi connectivity index (χ2n) is 8.43. The molecular weight excluding hydrogens is 510 g/mol. The molecule has 1 saturated carbocycles. The lowest BCUT2D eigenvalue weighted by atomic mass is 9.93. The summed E-state index contributed by atoms with van der Waals surface area (Å²) in [5.41, 5.74) is -0.735. The van der Waals surface area contributed by atoms with E-state index in [9.17, 15) is 21.6 Å². The minimum absolute atomic E-state index is 0.00399. The Bertz CT molecular complexity index is 1510. The van der Waals surface area contributed by atoms with Crippen molar-refractivity contribution in [3.63, 3.8) is 0 Å². The van der Waals surface area contributed by atoms with Gasteiger partial charge in [-0.25, -0.2) is 24.1 Å². The van der Waals surface area contributed by atoms with Crippen molar-refractivity contribution in [3.05, 3.63) is 46.1 Å². The van der Waals surface area contributed by atoms with E-state index in [1.165, 1.54) is 6.20 Å². The summed E-state index contributed by atoms with van der Waals surface area (Å²) in [6.45, 7) is 9.58. The Morgan fingerprint density at radius 3 is 2.69 bits per heavy atom. The summed E-state index contributed by atoms with van der Waals surface area (Å²) in [5.74, 6) is -1.01. The van der Waals surface area contributed by atoms with E-state index in [4.69, 9.17) is 6.57 Å². The zero-order valence-electron chi connectivity index (χ0n) is 18.0. The van der Waals surface area contributed by atoms with Crippen LogP contribution in [0, 0.1) is 12.4 Å². The SMILES string of the molecule is [C-]#[N+]C1(NS(=O)(=O)c2cc3c(cnn3-c3nnc(C(F)(F)F)s3)c(C3=CCNC(C)C3)c2F)CC1. The Morgan fingerprint density at radius 2 is 2.09 bits per heavy atom. The van der Waals surface area contributed by atoms with Crippen LogP contribution in [0.25, 0.3) is 26.5 Å². The third-order valence-corrected chi connectivity index (χ3v) is 8.30. The van der Waals surface area contributed by atoms with Gasteiger partial charge in [-0.05, 0) is 25.0 Å². The zero-order valence-corrected chi connectivity index (χ0v) is 19.7. The predicted molar refractivity (Wildman–Crippen MR) is 118 cm³/mol. The number of alkyl halides is 3. The average Bonchev–Trinajstić information content (AvgIpc) is 3.18. The fraction of sp³-hybridized carbons (Fsp3) is 0.400. The van der Waals surface area contributed by atoms with Crippen LogP contribution < -0.4 is 10.0 Å². The Morgan fingerprint density at radius 1 is 1.34 bits per heavy atom. The van der Waals surface area contributed by atoms with Gasteiger partial charge < -0.3 is 5.32 Å². The molecule has 1 atom stereocenters. The Hall–Kier alpha value is -2.93. The highest BCUT2D eigenvalue weighted by molar-refractivity contribution is 7.89. The van der Waals surface area contributed by atoms with Crippen LogP contribution in [0.2, 0.25) is 0 Å². The minimum Gasteiger partial charge on any atom is -0.310 e. The standard InChI is InChI=1S/C20H17F4N7O2S2/c1-10-7-11(3-6-26-10)15-12-9-27-31(18-29-28-17(34-18)20(22,23)24)13(12)8-14(16(15)21)35(32,33)30-19(25-2)4-5-19/h3,8-10,26,30H,4-7H2,1H3. The zero-order chi connectivity index (χ0) is 25.2. The maximum absolute atomic E-state index is 15.9. The molecule has 0 amide bonds. The first-order valence-electron chi connectivity index (χ1n) is 10.4. The molecule has 0 radical (unpaired) electrons. The van der Waals surface area contributed by atoms with Gasteiger partial charge in [0.05, 0.1) is 24.6 Å². The second kappa shape index (κ2) is 8.05. The van der Waals surface area contributed by atoms with Crippen molar-refractivity contribution in [2.24, 2.45) is 0 Å². The first kappa shape index (κ1) is 23.8. The predicted octanol–water partition coefficient (Wildman–Crippen LogP) is 3.49. The molecule has 1 aliphatic carbocycles. The van der Waals surface area contributed by atoms with Crippen molar-refractivity contribution >= 4 is 37.8 Å². The quantitative estimate of drug-likeness (QED) is 0.389. The van der Waals surface area contributed by atoms with E-state index in [1.54, 1.807) is 6.08 Å². The van der Waals surface area contributed by atoms with Crippen molar-refractivity contribution in [2.75, 3.05) is 6.54 Å². The highest BCUT2D eigenvalue weighted by Crippen LogP contribution is 2.41. The number of nitrogens with one attached hydrogen (secondary N) is 2. The molecule has 1 aromatic carbocycles. The van der Waals surface area contributed by atoms with E-state index in [0.717, 1.165) is 10.7 Å². The van der Waals surface area contributed by atoms with Crippen LogP contribution in [0.3, 0.4) is 0 Å². The fourth-order valence-electron chi connectivity index (χ4n) is 3.93. The number of hydrogen-bond acceptors (Lipinski definition) is 7. The van der Waals surface area contributed by atoms with E-state index in [2.05, 4.69) is 30.2 Å². The number of benzene rings is 1. The first-order chi connectivity index (χ1) is 16.4. The lowest BCUT2D eigenvalue weighted by Crippen LogP contribution is -2.35. The molecule has 15 heteroatoms. The lowest BCUT2D eigenvalue weighted by molar-refractivity contribution is -0.138. The second-order valence-corrected chi connectivity index (χ2v) is 11.0. The van der Waals surface area contributed by atoms with Crippen molar-refractivity contribution in [2.45, 2.75) is 49.0 Å². The van der Waals surface area contributed by atoms with Gasteiger partial charge in [-0.1, -0.05) is 17.4 Å². The van der Waals surface area contributed by atoms with Gasteiger partial charge in [0.15, 0.2) is 5.82 Å². The summed E-state index contributed by atoms with van der Waals surface area (Å²) in [5, 5.41) is 12.7. The van der Waals surface area contributed by atoms with E-state index in [0.29, 0.717) is 31.4 Å². The maximum atomic E-state index is 15.9. The van der Waals surface area contributed by atoms with Crippen LogP contribution in [0.5, 0.6) is 0 Å². The molecule has 0 bridgehead atoms. The topological polar surface area (TPSA) is 106 Å². The normalized spacial score (nSPS) is 20.0. The fourth-order valence-corrected chi connectivity index (χ4v) is 6.08. The van der Waals surface area contributed by atoms with Crippen molar-refractivity contribution in [1.29, 1.82) is 0 Å². The molecule has 184 valence electrons. The third-order valence-electron chi connectivity index (χ3n) is 5.83. The van der Waals surface area contributed by atoms with Crippen LogP contribution in [-0.2, 0) is 16.2 Å². The van der Waals surface area contributed by atoms with Gasteiger partial charge in [0.25, 0.3) is 5.66 Å². The molecule has 2 aliphatic rings. The average molecular weight is 528 g/mol. The van der Waals surface area contributed by atoms with Crippen LogP contribution >= 0.6 is 11.3 Å². The van der Waals surface area contributed by atoms with E-state index >= 15 is 4.39 Å². The number of aromatic nitrogens is 4. The molecule has 2 aromatic heterocycles. The Labute approximate surface area is 200 Å². The van der Waals surface area contributed by atoms with Crippen molar-refractivity contribution in [1.82, 2.24) is 30.0 Å². The van der Waals surface area contributed by atoms with E-state index < -0.39 is 37.6 Å². The van der Waals surface area contributed by atoms with Gasteiger partial charge in [0, 0.05) is 23.5 Å². The number of halogens is 4. The first-order valence-corrected chi connectivity index (χ1v) is 12.7. The molecule has 35 heavy (non-hydrogen) atoms. The largest absolute Gasteiger partial charge is 0.445 e. The molecule has 2 N–H and O–H groups in total. The summed E-state index contributed by atoms with van der Waals surface area (Å²) in [4.78, 5) is 2.60. The molecule has 3 aromatic rings. The van der Waals surface area contributed by atoms with Gasteiger partial charge >= 0.3 is 6.18 Å². The summed E-state index contributed by atoms with van der Waals surface area (Å²) in [6.07, 6.45) is -0.748. The van der Waals surface area contributed by atoms with E-state index in [-0.39, 0.29) is 39.0 Å². The monoisotopic (exact) mass is 527 g/mol. The van der Waals surface area contributed by atoms with Gasteiger partial charge in [-0.2, -0.15) is 18.3 Å². The number of nitrogens with zero attached hydrogens (tertiary/aromatic N) is 5. The number of rotatable bonds is 5. The van der Waals surface area contributed by atoms with E-state index in [1.807, 2.05) is 6.92 Å². The van der Waals surface area contributed by atoms with Crippen LogP contribution in [0.4, 0.5) is 17.6 Å². The van der Waals surface area contributed by atoms with Crippen molar-refractivity contribution < 1.29 is 26.0 Å². The summed E-state index contributed by atoms with van der Waals surface area (Å²) < 4.78 is 84.8. The molecule has 9 nitrogen and oxygen atoms in total. The van der Waals surface area contributed by atoms with Crippen molar-refractivity contribution in [3.8, 4) is 5.13 Å². The smallest absolute Gasteiger partial charge is 0.310 e. The maximum Gasteiger partial charge on any atom is 0.445 e. The molecule has 3 heterocycles. The molecule has 1 unspecified atom stereocenters. The highest BCUT2D eigenvalue weighted by atomic mass is 32.2. The molecule has 0 saturated heterocycles. The number of hydrogen-bond donors (Lipinski definition) is 2. The number of fused-ring (bicyclic) bond motifs is 1. The minimum atomic E-state index is -4.72. The molecule has 1 aliphatic heterocycles. The summed E-state index contributed by atoms with van der Waals surface area (Å²) in [6, 6.07) is 0.982. The Balaban J connectivity index is 1.74. The Kier molecular flexibility index (Phi) is 5.47. The molecule has 1 fully saturated rings. The highest BCUT2D eigenvalue weighted by Gasteiger charge is 2.54. The van der Waals surface area contributed by atoms with Gasteiger partial charge in [0.2, 0.25) is 20.2 Å².